The van der Waals surface area contributed by atoms with Gasteiger partial charge in [-0.25, -0.2) is 9.78 Å². The molecule has 3 heterocycles. The van der Waals surface area contributed by atoms with Crippen molar-refractivity contribution in [3.05, 3.63) is 70.5 Å². The molecule has 39 heavy (non-hydrogen) atoms. The van der Waals surface area contributed by atoms with Crippen LogP contribution in [0.1, 0.15) is 23.2 Å². The lowest BCUT2D eigenvalue weighted by molar-refractivity contribution is 0.0695. The Balaban J connectivity index is 1.55. The number of rotatable bonds is 11. The van der Waals surface area contributed by atoms with Gasteiger partial charge in [-0.15, -0.1) is 0 Å². The Hall–Kier alpha value is -3.73. The molecule has 0 bridgehead atoms. The lowest BCUT2D eigenvalue weighted by atomic mass is 10.1. The first-order valence-electron chi connectivity index (χ1n) is 13.0. The Labute approximate surface area is 230 Å². The fraction of sp³-hybridized carbons (Fsp3) is 0.345. The van der Waals surface area contributed by atoms with Crippen molar-refractivity contribution in [2.75, 3.05) is 63.4 Å². The summed E-state index contributed by atoms with van der Waals surface area (Å²) in [5, 5.41) is 10.5. The van der Waals surface area contributed by atoms with Crippen molar-refractivity contribution in [1.29, 1.82) is 0 Å². The quantitative estimate of drug-likeness (QED) is 0.292. The molecule has 4 aromatic rings. The van der Waals surface area contributed by atoms with E-state index in [0.717, 1.165) is 45.4 Å². The van der Waals surface area contributed by atoms with Crippen molar-refractivity contribution < 1.29 is 19.4 Å². The molecule has 1 aliphatic rings. The fourth-order valence-electron chi connectivity index (χ4n) is 4.84. The molecule has 0 amide bonds. The van der Waals surface area contributed by atoms with E-state index < -0.39 is 11.4 Å². The van der Waals surface area contributed by atoms with Gasteiger partial charge in [0.2, 0.25) is 0 Å². The van der Waals surface area contributed by atoms with Gasteiger partial charge in [0.15, 0.2) is 10.6 Å². The summed E-state index contributed by atoms with van der Waals surface area (Å²) in [7, 11) is 3.35. The maximum atomic E-state index is 12.7. The molecule has 0 aliphatic carbocycles. The highest BCUT2D eigenvalue weighted by Gasteiger charge is 2.18. The number of nitrogens with zero attached hydrogens (tertiary/aromatic N) is 4. The second-order valence-electron chi connectivity index (χ2n) is 9.47. The van der Waals surface area contributed by atoms with Gasteiger partial charge in [0.25, 0.3) is 0 Å². The summed E-state index contributed by atoms with van der Waals surface area (Å²) in [6.07, 6.45) is 3.80. The van der Waals surface area contributed by atoms with Gasteiger partial charge < -0.3 is 28.9 Å². The van der Waals surface area contributed by atoms with Gasteiger partial charge >= 0.3 is 5.97 Å². The molecule has 5 rings (SSSR count). The largest absolute Gasteiger partial charge is 0.477 e. The maximum absolute atomic E-state index is 12.7. The van der Waals surface area contributed by atoms with E-state index in [1.165, 1.54) is 25.1 Å². The first kappa shape index (κ1) is 26.9. The van der Waals surface area contributed by atoms with Crippen LogP contribution in [-0.2, 0) is 9.47 Å². The van der Waals surface area contributed by atoms with Crippen LogP contribution in [0.3, 0.4) is 0 Å². The average Bonchev–Trinajstić information content (AvgIpc) is 3.63. The molecule has 0 radical (unpaired) electrons. The number of carboxylic acids is 1. The van der Waals surface area contributed by atoms with Crippen LogP contribution in [0.5, 0.6) is 0 Å². The minimum absolute atomic E-state index is 0.275. The molecule has 9 nitrogen and oxygen atoms in total. The summed E-state index contributed by atoms with van der Waals surface area (Å²) in [5.74, 6) is -1.25. The molecular formula is C29H32N4O5S. The second-order valence-corrected chi connectivity index (χ2v) is 10.5. The number of fused-ring (bicyclic) bond motifs is 1. The molecule has 1 fully saturated rings. The molecule has 10 heteroatoms. The van der Waals surface area contributed by atoms with Crippen LogP contribution in [0, 0.1) is 0 Å². The van der Waals surface area contributed by atoms with Gasteiger partial charge in [-0.2, -0.15) is 0 Å². The summed E-state index contributed by atoms with van der Waals surface area (Å²) in [5.41, 5.74) is 3.41. The van der Waals surface area contributed by atoms with Crippen LogP contribution in [0.25, 0.3) is 27.2 Å². The standard InChI is InChI=1S/C29H32N4O5S/c1-37-15-13-32(14-16-38-2)29-30-24-10-9-22(17-27(24)39-29)33-19-23(28(35)36)26(34)18-25(33)20-5-7-21(8-6-20)31-11-3-4-12-31/h5-10,17-19H,3-4,11-16H2,1-2H3,(H,35,36). The Morgan fingerprint density at radius 3 is 2.31 bits per heavy atom. The van der Waals surface area contributed by atoms with Crippen LogP contribution in [0.4, 0.5) is 10.8 Å². The lowest BCUT2D eigenvalue weighted by Gasteiger charge is -2.20. The van der Waals surface area contributed by atoms with Crippen molar-refractivity contribution in [3.8, 4) is 16.9 Å². The molecule has 0 spiro atoms. The van der Waals surface area contributed by atoms with Crippen molar-refractivity contribution in [2.24, 2.45) is 0 Å². The Morgan fingerprint density at radius 1 is 1.00 bits per heavy atom. The van der Waals surface area contributed by atoms with E-state index in [2.05, 4.69) is 21.9 Å². The van der Waals surface area contributed by atoms with E-state index in [-0.39, 0.29) is 5.56 Å². The number of carbonyl (C=O) groups is 1. The zero-order valence-electron chi connectivity index (χ0n) is 22.1. The number of pyridine rings is 1. The summed E-state index contributed by atoms with van der Waals surface area (Å²) in [4.78, 5) is 33.9. The highest BCUT2D eigenvalue weighted by molar-refractivity contribution is 7.22. The molecule has 1 saturated heterocycles. The minimum atomic E-state index is -1.25. The van der Waals surface area contributed by atoms with E-state index in [1.807, 2.05) is 30.3 Å². The number of hydrogen-bond donors (Lipinski definition) is 1. The number of carboxylic acid groups (broad SMARTS) is 1. The lowest BCUT2D eigenvalue weighted by Crippen LogP contribution is -2.30. The van der Waals surface area contributed by atoms with Crippen molar-refractivity contribution in [2.45, 2.75) is 12.8 Å². The van der Waals surface area contributed by atoms with Crippen molar-refractivity contribution in [1.82, 2.24) is 9.55 Å². The summed E-state index contributed by atoms with van der Waals surface area (Å²) in [6, 6.07) is 15.3. The number of aromatic carboxylic acids is 1. The molecular weight excluding hydrogens is 516 g/mol. The monoisotopic (exact) mass is 548 g/mol. The van der Waals surface area contributed by atoms with Crippen LogP contribution in [0.2, 0.25) is 0 Å². The number of ether oxygens (including phenoxy) is 2. The summed E-state index contributed by atoms with van der Waals surface area (Å²) >= 11 is 1.55. The number of aromatic nitrogens is 2. The maximum Gasteiger partial charge on any atom is 0.341 e. The molecule has 0 unspecified atom stereocenters. The summed E-state index contributed by atoms with van der Waals surface area (Å²) < 4.78 is 13.3. The summed E-state index contributed by atoms with van der Waals surface area (Å²) in [6.45, 7) is 4.60. The van der Waals surface area contributed by atoms with Gasteiger partial charge in [0, 0.05) is 64.0 Å². The molecule has 1 aliphatic heterocycles. The fourth-order valence-corrected chi connectivity index (χ4v) is 5.89. The van der Waals surface area contributed by atoms with Gasteiger partial charge in [0.05, 0.1) is 29.1 Å². The third kappa shape index (κ3) is 5.83. The molecule has 204 valence electrons. The van der Waals surface area contributed by atoms with E-state index in [4.69, 9.17) is 14.5 Å². The van der Waals surface area contributed by atoms with Gasteiger partial charge in [-0.3, -0.25) is 4.79 Å². The third-order valence-corrected chi connectivity index (χ3v) is 8.03. The van der Waals surface area contributed by atoms with Crippen LogP contribution < -0.4 is 15.2 Å². The van der Waals surface area contributed by atoms with E-state index in [1.54, 1.807) is 30.1 Å². The molecule has 2 aromatic carbocycles. The first-order valence-corrected chi connectivity index (χ1v) is 13.8. The molecule has 2 aromatic heterocycles. The number of methoxy groups -OCH3 is 2. The minimum Gasteiger partial charge on any atom is -0.477 e. The third-order valence-electron chi connectivity index (χ3n) is 6.96. The van der Waals surface area contributed by atoms with E-state index in [9.17, 15) is 14.7 Å². The van der Waals surface area contributed by atoms with E-state index >= 15 is 0 Å². The Morgan fingerprint density at radius 2 is 1.67 bits per heavy atom. The predicted molar refractivity (Wildman–Crippen MR) is 155 cm³/mol. The highest BCUT2D eigenvalue weighted by Crippen LogP contribution is 2.32. The normalized spacial score (nSPS) is 13.3. The number of benzene rings is 2. The van der Waals surface area contributed by atoms with Crippen molar-refractivity contribution in [3.63, 3.8) is 0 Å². The predicted octanol–water partition coefficient (Wildman–Crippen LogP) is 4.51. The molecule has 0 atom stereocenters. The number of hydrogen-bond acceptors (Lipinski definition) is 8. The highest BCUT2D eigenvalue weighted by atomic mass is 32.1. The number of thiazole rings is 1. The Bertz CT molecular complexity index is 1500. The molecule has 1 N–H and O–H groups in total. The number of anilines is 2. The van der Waals surface area contributed by atoms with Crippen LogP contribution >= 0.6 is 11.3 Å². The zero-order valence-corrected chi connectivity index (χ0v) is 22.9. The van der Waals surface area contributed by atoms with Gasteiger partial charge in [-0.1, -0.05) is 23.5 Å². The van der Waals surface area contributed by atoms with Crippen LogP contribution in [0.15, 0.2) is 59.5 Å². The first-order chi connectivity index (χ1) is 19.0. The van der Waals surface area contributed by atoms with Gasteiger partial charge in [-0.05, 0) is 48.7 Å². The van der Waals surface area contributed by atoms with Crippen LogP contribution in [-0.4, -0.2) is 74.2 Å². The molecule has 0 saturated carbocycles. The zero-order chi connectivity index (χ0) is 27.4. The van der Waals surface area contributed by atoms with E-state index in [0.29, 0.717) is 32.0 Å². The average molecular weight is 549 g/mol. The van der Waals surface area contributed by atoms with Gasteiger partial charge in [0.1, 0.15) is 5.56 Å². The second kappa shape index (κ2) is 12.0. The van der Waals surface area contributed by atoms with Crippen molar-refractivity contribution >= 4 is 38.3 Å². The Kier molecular flexibility index (Phi) is 8.25. The topological polar surface area (TPSA) is 97.1 Å². The SMILES string of the molecule is COCCN(CCOC)c1nc2ccc(-n3cc(C(=O)O)c(=O)cc3-c3ccc(N4CCCC4)cc3)cc2s1. The smallest absolute Gasteiger partial charge is 0.341 e.